The second kappa shape index (κ2) is 6.55. The highest BCUT2D eigenvalue weighted by atomic mass is 16.7. The fourth-order valence-corrected chi connectivity index (χ4v) is 6.77. The van der Waals surface area contributed by atoms with Crippen molar-refractivity contribution in [1.29, 1.82) is 0 Å². The van der Waals surface area contributed by atoms with Gasteiger partial charge in [0.2, 0.25) is 11.4 Å². The second-order valence-corrected chi connectivity index (χ2v) is 10.3. The maximum atomic E-state index is 7.22. The Morgan fingerprint density at radius 1 is 0.487 bits per heavy atom. The van der Waals surface area contributed by atoms with Gasteiger partial charge in [-0.25, -0.2) is 0 Å². The first kappa shape index (κ1) is 19.7. The van der Waals surface area contributed by atoms with Crippen LogP contribution in [0, 0.1) is 0 Å². The molecule has 0 radical (unpaired) electrons. The van der Waals surface area contributed by atoms with Crippen LogP contribution in [0.4, 0.5) is 0 Å². The molecule has 3 aliphatic rings. The molecule has 10 rings (SSSR count). The van der Waals surface area contributed by atoms with E-state index >= 15 is 0 Å². The van der Waals surface area contributed by atoms with E-state index in [2.05, 4.69) is 104 Å². The maximum Gasteiger partial charge on any atom is 0.716 e. The molecule has 2 N–H and O–H groups in total. The number of hydrogen-bond acceptors (Lipinski definition) is 2. The van der Waals surface area contributed by atoms with Crippen molar-refractivity contribution in [2.75, 3.05) is 0 Å². The molecule has 4 aromatic heterocycles. The van der Waals surface area contributed by atoms with Gasteiger partial charge in [0, 0.05) is 47.0 Å². The lowest BCUT2D eigenvalue weighted by Gasteiger charge is -2.30. The third-order valence-electron chi connectivity index (χ3n) is 8.38. The average molecular weight is 505 g/mol. The van der Waals surface area contributed by atoms with Gasteiger partial charge in [-0.05, 0) is 81.9 Å². The van der Waals surface area contributed by atoms with Crippen LogP contribution in [-0.2, 0) is 6.03 Å². The van der Waals surface area contributed by atoms with Crippen LogP contribution < -0.4 is 18.6 Å². The Hall–Kier alpha value is -5.36. The normalized spacial score (nSPS) is 14.8. The molecule has 0 amide bonds. The molecule has 182 valence electrons. The number of ether oxygens (including phenoxy) is 2. The molecule has 0 aliphatic carbocycles. The predicted octanol–water partition coefficient (Wildman–Crippen LogP) is 6.11. The molecule has 0 atom stereocenters. The lowest BCUT2D eigenvalue weighted by atomic mass is 10.00. The highest BCUT2D eigenvalue weighted by molar-refractivity contribution is 6.01. The molecule has 7 aromatic rings. The first-order valence-corrected chi connectivity index (χ1v) is 13.1. The van der Waals surface area contributed by atoms with Gasteiger partial charge < -0.3 is 19.4 Å². The predicted molar refractivity (Wildman–Crippen MR) is 147 cm³/mol. The first-order chi connectivity index (χ1) is 19.3. The van der Waals surface area contributed by atoms with E-state index in [1.54, 1.807) is 0 Å². The van der Waals surface area contributed by atoms with Gasteiger partial charge in [0.15, 0.2) is 11.5 Å². The highest BCUT2D eigenvalue weighted by Crippen LogP contribution is 2.50. The van der Waals surface area contributed by atoms with Crippen molar-refractivity contribution in [2.24, 2.45) is 0 Å². The van der Waals surface area contributed by atoms with E-state index in [0.717, 1.165) is 78.3 Å². The Labute approximate surface area is 222 Å². The minimum absolute atomic E-state index is 0.795. The molecule has 1 spiro atoms. The number of benzene rings is 3. The van der Waals surface area contributed by atoms with Gasteiger partial charge in [0.25, 0.3) is 11.0 Å². The number of aromatic amines is 2. The van der Waals surface area contributed by atoms with E-state index in [4.69, 9.17) is 9.47 Å². The van der Waals surface area contributed by atoms with Crippen LogP contribution in [0.2, 0.25) is 0 Å². The quantitative estimate of drug-likeness (QED) is 0.221. The number of nitrogens with zero attached hydrogens (tertiary/aromatic N) is 2. The van der Waals surface area contributed by atoms with Gasteiger partial charge >= 0.3 is 6.03 Å². The lowest BCUT2D eigenvalue weighted by molar-refractivity contribution is -1.03. The number of fused-ring (bicyclic) bond motifs is 4. The zero-order valence-corrected chi connectivity index (χ0v) is 20.6. The summed E-state index contributed by atoms with van der Waals surface area (Å²) in [4.78, 5) is 6.74. The molecule has 39 heavy (non-hydrogen) atoms. The summed E-state index contributed by atoms with van der Waals surface area (Å²) in [6.07, 6.45) is 3.88. The number of H-pyrrole nitrogens is 2. The van der Waals surface area contributed by atoms with Gasteiger partial charge in [-0.1, -0.05) is 12.1 Å². The molecular weight excluding hydrogens is 484 g/mol. The largest absolute Gasteiger partial charge is 0.716 e. The van der Waals surface area contributed by atoms with Crippen molar-refractivity contribution in [2.45, 2.75) is 6.03 Å². The Kier molecular flexibility index (Phi) is 3.31. The Bertz CT molecular complexity index is 2020. The fraction of sp³-hybridized carbons (Fsp3) is 0.0303. The second-order valence-electron chi connectivity index (χ2n) is 10.3. The van der Waals surface area contributed by atoms with Crippen molar-refractivity contribution in [1.82, 2.24) is 9.97 Å². The molecule has 0 bridgehead atoms. The molecule has 3 aromatic carbocycles. The summed E-state index contributed by atoms with van der Waals surface area (Å²) in [6.45, 7) is 0. The zero-order chi connectivity index (χ0) is 25.3. The van der Waals surface area contributed by atoms with Crippen LogP contribution >= 0.6 is 0 Å². The van der Waals surface area contributed by atoms with Gasteiger partial charge in [0.05, 0.1) is 21.9 Å². The number of aromatic nitrogens is 4. The summed E-state index contributed by atoms with van der Waals surface area (Å²) in [5.74, 6) is 1.59. The molecular formula is C33H20N4O2+2. The van der Waals surface area contributed by atoms with Crippen LogP contribution in [0.25, 0.3) is 66.8 Å². The summed E-state index contributed by atoms with van der Waals surface area (Å²) >= 11 is 0. The van der Waals surface area contributed by atoms with Gasteiger partial charge in [-0.2, -0.15) is 0 Å². The third-order valence-corrected chi connectivity index (χ3v) is 8.38. The summed E-state index contributed by atoms with van der Waals surface area (Å²) in [6, 6.07) is 32.7. The molecule has 0 saturated carbocycles. The van der Waals surface area contributed by atoms with Crippen molar-refractivity contribution < 1.29 is 18.6 Å². The van der Waals surface area contributed by atoms with E-state index in [0.29, 0.717) is 0 Å². The zero-order valence-electron chi connectivity index (χ0n) is 20.6. The smallest absolute Gasteiger partial charge is 0.361 e. The number of rotatable bonds is 2. The van der Waals surface area contributed by atoms with Crippen molar-refractivity contribution in [3.63, 3.8) is 0 Å². The van der Waals surface area contributed by atoms with Crippen LogP contribution in [0.5, 0.6) is 11.5 Å². The molecule has 0 saturated heterocycles. The summed E-state index contributed by atoms with van der Waals surface area (Å²) in [5.41, 5.74) is 10.4. The lowest BCUT2D eigenvalue weighted by Crippen LogP contribution is -2.79. The van der Waals surface area contributed by atoms with Crippen LogP contribution in [0.1, 0.15) is 0 Å². The minimum atomic E-state index is -1.27. The monoisotopic (exact) mass is 504 g/mol. The molecule has 0 fully saturated rings. The van der Waals surface area contributed by atoms with Crippen LogP contribution in [0.3, 0.4) is 0 Å². The molecule has 6 nitrogen and oxygen atoms in total. The Balaban J connectivity index is 1.37. The molecule has 3 aliphatic heterocycles. The first-order valence-electron chi connectivity index (χ1n) is 13.1. The number of hydrogen-bond donors (Lipinski definition) is 2. The standard InChI is InChI=1S/C33H19N4O2/c1-5-21(25-9-3-17-34-25)31-23(7-1)27-15-13-19-11-12-20-14-16-28-24-8-2-6-22(26-10-4-18-35-26)32(24)39-33(38-31)36(27)29(19)30(20)37(28)33/h1-18,34H/q+1/p+1. The topological polar surface area (TPSA) is 57.8 Å². The number of pyridine rings is 2. The summed E-state index contributed by atoms with van der Waals surface area (Å²) in [5, 5.41) is 2.29. The van der Waals surface area contributed by atoms with Gasteiger partial charge in [-0.3, -0.25) is 0 Å². The van der Waals surface area contributed by atoms with Gasteiger partial charge in [0.1, 0.15) is 0 Å². The fourth-order valence-electron chi connectivity index (χ4n) is 6.77. The number of nitrogens with one attached hydrogen (secondary N) is 2. The summed E-state index contributed by atoms with van der Waals surface area (Å²) in [7, 11) is 0. The van der Waals surface area contributed by atoms with E-state index < -0.39 is 6.03 Å². The molecule has 0 unspecified atom stereocenters. The van der Waals surface area contributed by atoms with E-state index in [9.17, 15) is 0 Å². The van der Waals surface area contributed by atoms with Crippen molar-refractivity contribution in [3.8, 4) is 56.5 Å². The molecule has 7 heterocycles. The number of para-hydroxylation sites is 2. The van der Waals surface area contributed by atoms with E-state index in [1.807, 2.05) is 24.5 Å². The van der Waals surface area contributed by atoms with E-state index in [1.165, 1.54) is 0 Å². The maximum absolute atomic E-state index is 7.22. The van der Waals surface area contributed by atoms with Crippen molar-refractivity contribution >= 4 is 21.8 Å². The minimum Gasteiger partial charge on any atom is -0.361 e. The van der Waals surface area contributed by atoms with Crippen molar-refractivity contribution in [3.05, 3.63) is 109 Å². The molecule has 6 heteroatoms. The van der Waals surface area contributed by atoms with Crippen LogP contribution in [0.15, 0.2) is 109 Å². The Morgan fingerprint density at radius 2 is 0.949 bits per heavy atom. The third kappa shape index (κ3) is 2.21. The SMILES string of the molecule is c1c[nH]c(-c2cccc3c2OC24Oc5c(-c6ccc[nH]6)cccc5-c5ccc6ccc7ccc-3[n+]2c7c6[n+]54)c1. The highest BCUT2D eigenvalue weighted by Gasteiger charge is 2.72. The summed E-state index contributed by atoms with van der Waals surface area (Å²) < 4.78 is 19.0. The van der Waals surface area contributed by atoms with E-state index in [-0.39, 0.29) is 0 Å². The van der Waals surface area contributed by atoms with Gasteiger partial charge in [-0.15, -0.1) is 0 Å². The average Bonchev–Trinajstić information content (AvgIpc) is 3.75. The Morgan fingerprint density at radius 3 is 1.41 bits per heavy atom. The van der Waals surface area contributed by atoms with Crippen LogP contribution in [-0.4, -0.2) is 9.97 Å².